The van der Waals surface area contributed by atoms with Gasteiger partial charge in [0, 0.05) is 11.3 Å². The summed E-state index contributed by atoms with van der Waals surface area (Å²) in [7, 11) is 0. The predicted molar refractivity (Wildman–Crippen MR) is 113 cm³/mol. The van der Waals surface area contributed by atoms with Crippen molar-refractivity contribution in [1.82, 2.24) is 0 Å². The Hall–Kier alpha value is -2.27. The monoisotopic (exact) mass is 369 g/mol. The summed E-state index contributed by atoms with van der Waals surface area (Å²) < 4.78 is 5.88. The Balaban J connectivity index is 1.93. The van der Waals surface area contributed by atoms with Gasteiger partial charge in [-0.1, -0.05) is 73.5 Å². The SMILES string of the molecule is CCCCCOc1ccc(C)cc1C=NN=C(N)SCc1ccccc1. The van der Waals surface area contributed by atoms with Gasteiger partial charge in [0.15, 0.2) is 5.17 Å². The number of amidine groups is 1. The fourth-order valence-electron chi connectivity index (χ4n) is 2.34. The second-order valence-corrected chi connectivity index (χ2v) is 7.05. The van der Waals surface area contributed by atoms with Crippen molar-refractivity contribution in [2.75, 3.05) is 6.61 Å². The number of thioether (sulfide) groups is 1. The molecule has 2 aromatic rings. The zero-order chi connectivity index (χ0) is 18.6. The van der Waals surface area contributed by atoms with Crippen LogP contribution in [0.5, 0.6) is 5.75 Å². The lowest BCUT2D eigenvalue weighted by Crippen LogP contribution is -2.06. The summed E-state index contributed by atoms with van der Waals surface area (Å²) >= 11 is 1.47. The van der Waals surface area contributed by atoms with Gasteiger partial charge in [-0.25, -0.2) is 0 Å². The first-order valence-electron chi connectivity index (χ1n) is 8.95. The summed E-state index contributed by atoms with van der Waals surface area (Å²) in [6.07, 6.45) is 5.12. The number of ether oxygens (including phenoxy) is 1. The first-order chi connectivity index (χ1) is 12.7. The molecule has 0 aliphatic heterocycles. The third-order valence-electron chi connectivity index (χ3n) is 3.75. The van der Waals surface area contributed by atoms with Gasteiger partial charge >= 0.3 is 0 Å². The Morgan fingerprint density at radius 3 is 2.73 bits per heavy atom. The molecule has 0 spiro atoms. The molecular weight excluding hydrogens is 342 g/mol. The Labute approximate surface area is 160 Å². The van der Waals surface area contributed by atoms with E-state index in [9.17, 15) is 0 Å². The Kier molecular flexibility index (Phi) is 8.76. The fraction of sp³-hybridized carbons (Fsp3) is 0.333. The second kappa shape index (κ2) is 11.4. The molecule has 0 amide bonds. The molecule has 0 saturated carbocycles. The first kappa shape index (κ1) is 20.0. The number of rotatable bonds is 9. The third-order valence-corrected chi connectivity index (χ3v) is 4.61. The molecule has 138 valence electrons. The lowest BCUT2D eigenvalue weighted by atomic mass is 10.1. The molecule has 0 heterocycles. The molecule has 0 unspecified atom stereocenters. The molecule has 0 bridgehead atoms. The largest absolute Gasteiger partial charge is 0.493 e. The zero-order valence-electron chi connectivity index (χ0n) is 15.5. The number of nitrogens with two attached hydrogens (primary N) is 1. The van der Waals surface area contributed by atoms with Gasteiger partial charge in [-0.05, 0) is 31.0 Å². The summed E-state index contributed by atoms with van der Waals surface area (Å²) in [5, 5.41) is 8.67. The number of hydrogen-bond donors (Lipinski definition) is 1. The average Bonchev–Trinajstić information content (AvgIpc) is 2.66. The molecule has 0 aromatic heterocycles. The summed E-state index contributed by atoms with van der Waals surface area (Å²) in [6, 6.07) is 16.2. The van der Waals surface area contributed by atoms with Crippen molar-refractivity contribution in [2.45, 2.75) is 38.9 Å². The van der Waals surface area contributed by atoms with Crippen molar-refractivity contribution in [3.63, 3.8) is 0 Å². The molecule has 5 heteroatoms. The van der Waals surface area contributed by atoms with Crippen LogP contribution in [-0.2, 0) is 5.75 Å². The van der Waals surface area contributed by atoms with Crippen LogP contribution in [0.15, 0.2) is 58.7 Å². The van der Waals surface area contributed by atoms with E-state index in [1.165, 1.54) is 30.2 Å². The lowest BCUT2D eigenvalue weighted by molar-refractivity contribution is 0.306. The molecular formula is C21H27N3OS. The van der Waals surface area contributed by atoms with Gasteiger partial charge in [0.05, 0.1) is 12.8 Å². The smallest absolute Gasteiger partial charge is 0.180 e. The van der Waals surface area contributed by atoms with Crippen LogP contribution in [0.25, 0.3) is 0 Å². The second-order valence-electron chi connectivity index (χ2n) is 6.05. The first-order valence-corrected chi connectivity index (χ1v) is 9.94. The van der Waals surface area contributed by atoms with Gasteiger partial charge in [-0.15, -0.1) is 5.10 Å². The minimum absolute atomic E-state index is 0.447. The molecule has 0 saturated heterocycles. The maximum atomic E-state index is 5.94. The van der Waals surface area contributed by atoms with Crippen molar-refractivity contribution in [3.05, 3.63) is 65.2 Å². The predicted octanol–water partition coefficient (Wildman–Crippen LogP) is 5.15. The Morgan fingerprint density at radius 1 is 1.15 bits per heavy atom. The molecule has 4 nitrogen and oxygen atoms in total. The molecule has 2 N–H and O–H groups in total. The molecule has 0 fully saturated rings. The van der Waals surface area contributed by atoms with Crippen LogP contribution in [0.4, 0.5) is 0 Å². The van der Waals surface area contributed by atoms with E-state index in [0.29, 0.717) is 5.17 Å². The van der Waals surface area contributed by atoms with E-state index in [1.54, 1.807) is 6.21 Å². The Bertz CT molecular complexity index is 729. The van der Waals surface area contributed by atoms with Gasteiger partial charge in [0.2, 0.25) is 0 Å². The van der Waals surface area contributed by atoms with E-state index in [0.717, 1.165) is 35.7 Å². The van der Waals surface area contributed by atoms with Crippen LogP contribution in [0, 0.1) is 6.92 Å². The number of hydrogen-bond acceptors (Lipinski definition) is 4. The van der Waals surface area contributed by atoms with Crippen molar-refractivity contribution < 1.29 is 4.74 Å². The van der Waals surface area contributed by atoms with Gasteiger partial charge < -0.3 is 10.5 Å². The third kappa shape index (κ3) is 7.31. The highest BCUT2D eigenvalue weighted by molar-refractivity contribution is 8.13. The average molecular weight is 370 g/mol. The molecule has 0 aliphatic carbocycles. The zero-order valence-corrected chi connectivity index (χ0v) is 16.3. The molecule has 0 aliphatic rings. The lowest BCUT2D eigenvalue weighted by Gasteiger charge is -2.09. The molecule has 0 atom stereocenters. The summed E-state index contributed by atoms with van der Waals surface area (Å²) in [4.78, 5) is 0. The van der Waals surface area contributed by atoms with Gasteiger partial charge in [-0.3, -0.25) is 0 Å². The highest BCUT2D eigenvalue weighted by Crippen LogP contribution is 2.19. The minimum Gasteiger partial charge on any atom is -0.493 e. The fourth-order valence-corrected chi connectivity index (χ4v) is 2.95. The van der Waals surface area contributed by atoms with Crippen LogP contribution in [-0.4, -0.2) is 18.0 Å². The Morgan fingerprint density at radius 2 is 1.96 bits per heavy atom. The summed E-state index contributed by atoms with van der Waals surface area (Å²) in [5.74, 6) is 1.61. The van der Waals surface area contributed by atoms with Crippen molar-refractivity contribution in [2.24, 2.45) is 15.9 Å². The van der Waals surface area contributed by atoms with Crippen molar-refractivity contribution in [3.8, 4) is 5.75 Å². The van der Waals surface area contributed by atoms with Crippen LogP contribution >= 0.6 is 11.8 Å². The van der Waals surface area contributed by atoms with E-state index < -0.39 is 0 Å². The van der Waals surface area contributed by atoms with E-state index in [1.807, 2.05) is 43.3 Å². The number of aryl methyl sites for hydroxylation is 1. The van der Waals surface area contributed by atoms with E-state index in [2.05, 4.69) is 29.3 Å². The molecule has 2 rings (SSSR count). The van der Waals surface area contributed by atoms with Gasteiger partial charge in [0.25, 0.3) is 0 Å². The number of nitrogens with zero attached hydrogens (tertiary/aromatic N) is 2. The summed E-state index contributed by atoms with van der Waals surface area (Å²) in [5.41, 5.74) is 9.22. The van der Waals surface area contributed by atoms with E-state index >= 15 is 0 Å². The highest BCUT2D eigenvalue weighted by atomic mass is 32.2. The van der Waals surface area contributed by atoms with Gasteiger partial charge in [-0.2, -0.15) is 5.10 Å². The van der Waals surface area contributed by atoms with Crippen LogP contribution < -0.4 is 10.5 Å². The topological polar surface area (TPSA) is 60.0 Å². The van der Waals surface area contributed by atoms with Crippen molar-refractivity contribution in [1.29, 1.82) is 0 Å². The molecule has 0 radical (unpaired) electrons. The highest BCUT2D eigenvalue weighted by Gasteiger charge is 2.02. The molecule has 2 aromatic carbocycles. The standard InChI is InChI=1S/C21H27N3OS/c1-3-4-8-13-25-20-12-11-17(2)14-19(20)15-23-24-21(22)26-16-18-9-6-5-7-10-18/h5-7,9-12,14-15H,3-4,8,13,16H2,1-2H3,(H2,22,24). The quantitative estimate of drug-likeness (QED) is 0.288. The minimum atomic E-state index is 0.447. The normalized spacial score (nSPS) is 11.8. The van der Waals surface area contributed by atoms with E-state index in [4.69, 9.17) is 10.5 Å². The van der Waals surface area contributed by atoms with Crippen LogP contribution in [0.1, 0.15) is 42.9 Å². The number of benzene rings is 2. The van der Waals surface area contributed by atoms with Crippen LogP contribution in [0.2, 0.25) is 0 Å². The molecule has 26 heavy (non-hydrogen) atoms. The summed E-state index contributed by atoms with van der Waals surface area (Å²) in [6.45, 7) is 4.95. The van der Waals surface area contributed by atoms with Crippen LogP contribution in [0.3, 0.4) is 0 Å². The maximum absolute atomic E-state index is 5.94. The van der Waals surface area contributed by atoms with Crippen molar-refractivity contribution >= 4 is 23.1 Å². The van der Waals surface area contributed by atoms with Gasteiger partial charge in [0.1, 0.15) is 5.75 Å². The maximum Gasteiger partial charge on any atom is 0.180 e. The number of unbranched alkanes of at least 4 members (excludes halogenated alkanes) is 2. The van der Waals surface area contributed by atoms with E-state index in [-0.39, 0.29) is 0 Å².